The lowest BCUT2D eigenvalue weighted by molar-refractivity contribution is -0.126. The van der Waals surface area contributed by atoms with Crippen molar-refractivity contribution in [3.05, 3.63) is 65.7 Å². The molecule has 154 valence electrons. The molecule has 1 heterocycles. The predicted molar refractivity (Wildman–Crippen MR) is 113 cm³/mol. The van der Waals surface area contributed by atoms with Gasteiger partial charge in [0.15, 0.2) is 0 Å². The molecular weight excluding hydrogens is 366 g/mol. The van der Waals surface area contributed by atoms with Crippen LogP contribution in [-0.4, -0.2) is 49.0 Å². The van der Waals surface area contributed by atoms with E-state index in [0.29, 0.717) is 12.1 Å². The van der Waals surface area contributed by atoms with E-state index < -0.39 is 0 Å². The first kappa shape index (κ1) is 20.9. The third-order valence-corrected chi connectivity index (χ3v) is 5.47. The molecule has 1 fully saturated rings. The molecule has 0 radical (unpaired) electrons. The topological polar surface area (TPSA) is 70.7 Å². The maximum atomic E-state index is 12.6. The Morgan fingerprint density at radius 2 is 1.72 bits per heavy atom. The number of ether oxygens (including phenoxy) is 1. The number of carbonyl (C=O) groups excluding carboxylic acids is 2. The Hall–Kier alpha value is -2.86. The van der Waals surface area contributed by atoms with Crippen LogP contribution in [0.15, 0.2) is 54.6 Å². The van der Waals surface area contributed by atoms with Crippen LogP contribution in [-0.2, 0) is 11.3 Å². The molecule has 0 unspecified atom stereocenters. The number of benzene rings is 2. The van der Waals surface area contributed by atoms with Crippen molar-refractivity contribution in [3.8, 4) is 5.75 Å². The van der Waals surface area contributed by atoms with Crippen LogP contribution >= 0.6 is 0 Å². The van der Waals surface area contributed by atoms with Gasteiger partial charge in [-0.25, -0.2) is 0 Å². The highest BCUT2D eigenvalue weighted by Crippen LogP contribution is 2.18. The molecule has 3 rings (SSSR count). The standard InChI is InChI=1S/C23H29N3O3/c1-17(22(27)24-16-19-10-6-7-11-21(19)29-2)26-14-12-20(13-15-26)25-23(28)18-8-4-3-5-9-18/h3-11,17,20H,12-16H2,1-2H3,(H,24,27)(H,25,28)/t17-/m1/s1. The molecule has 0 aromatic heterocycles. The summed E-state index contributed by atoms with van der Waals surface area (Å²) in [5.74, 6) is 0.741. The minimum absolute atomic E-state index is 0.00248. The summed E-state index contributed by atoms with van der Waals surface area (Å²) in [6, 6.07) is 16.9. The molecule has 0 bridgehead atoms. The van der Waals surface area contributed by atoms with E-state index in [1.165, 1.54) is 0 Å². The van der Waals surface area contributed by atoms with E-state index >= 15 is 0 Å². The van der Waals surface area contributed by atoms with Crippen LogP contribution in [0.2, 0.25) is 0 Å². The number of hydrogen-bond donors (Lipinski definition) is 2. The Bertz CT molecular complexity index is 817. The van der Waals surface area contributed by atoms with Gasteiger partial charge in [-0.3, -0.25) is 14.5 Å². The van der Waals surface area contributed by atoms with Crippen LogP contribution in [0.4, 0.5) is 0 Å². The number of likely N-dealkylation sites (tertiary alicyclic amines) is 1. The van der Waals surface area contributed by atoms with Crippen LogP contribution in [0, 0.1) is 0 Å². The Balaban J connectivity index is 1.45. The molecular formula is C23H29N3O3. The van der Waals surface area contributed by atoms with E-state index in [9.17, 15) is 9.59 Å². The molecule has 0 aliphatic carbocycles. The molecule has 1 aliphatic heterocycles. The number of methoxy groups -OCH3 is 1. The molecule has 0 spiro atoms. The third-order valence-electron chi connectivity index (χ3n) is 5.47. The minimum atomic E-state index is -0.213. The van der Waals surface area contributed by atoms with Crippen molar-refractivity contribution in [1.29, 1.82) is 0 Å². The summed E-state index contributed by atoms with van der Waals surface area (Å²) in [5.41, 5.74) is 1.64. The fourth-order valence-electron chi connectivity index (χ4n) is 3.63. The lowest BCUT2D eigenvalue weighted by atomic mass is 10.0. The average molecular weight is 396 g/mol. The second-order valence-corrected chi connectivity index (χ2v) is 7.36. The van der Waals surface area contributed by atoms with E-state index in [-0.39, 0.29) is 23.9 Å². The SMILES string of the molecule is COc1ccccc1CNC(=O)[C@@H](C)N1CCC(NC(=O)c2ccccc2)CC1. The minimum Gasteiger partial charge on any atom is -0.496 e. The first-order valence-electron chi connectivity index (χ1n) is 10.1. The summed E-state index contributed by atoms with van der Waals surface area (Å²) in [7, 11) is 1.63. The normalized spacial score (nSPS) is 16.1. The van der Waals surface area contributed by atoms with Gasteiger partial charge in [-0.1, -0.05) is 36.4 Å². The molecule has 2 aromatic carbocycles. The lowest BCUT2D eigenvalue weighted by Gasteiger charge is -2.35. The number of amides is 2. The van der Waals surface area contributed by atoms with E-state index in [1.807, 2.05) is 61.5 Å². The van der Waals surface area contributed by atoms with E-state index in [2.05, 4.69) is 15.5 Å². The van der Waals surface area contributed by atoms with Crippen LogP contribution in [0.25, 0.3) is 0 Å². The van der Waals surface area contributed by atoms with Gasteiger partial charge >= 0.3 is 0 Å². The number of para-hydroxylation sites is 1. The highest BCUT2D eigenvalue weighted by Gasteiger charge is 2.27. The summed E-state index contributed by atoms with van der Waals surface area (Å²) >= 11 is 0. The predicted octanol–water partition coefficient (Wildman–Crippen LogP) is 2.59. The van der Waals surface area contributed by atoms with E-state index in [0.717, 1.165) is 37.2 Å². The number of rotatable bonds is 7. The van der Waals surface area contributed by atoms with Crippen molar-refractivity contribution in [1.82, 2.24) is 15.5 Å². The first-order valence-corrected chi connectivity index (χ1v) is 10.1. The number of nitrogens with one attached hydrogen (secondary N) is 2. The number of nitrogens with zero attached hydrogens (tertiary/aromatic N) is 1. The molecule has 2 N–H and O–H groups in total. The second kappa shape index (κ2) is 10.1. The molecule has 1 atom stereocenters. The zero-order chi connectivity index (χ0) is 20.6. The average Bonchev–Trinajstić information content (AvgIpc) is 2.78. The van der Waals surface area contributed by atoms with Gasteiger partial charge in [-0.05, 0) is 38.0 Å². The number of carbonyl (C=O) groups is 2. The summed E-state index contributed by atoms with van der Waals surface area (Å²) in [5, 5.41) is 6.11. The Kier molecular flexibility index (Phi) is 7.25. The van der Waals surface area contributed by atoms with Crippen molar-refractivity contribution in [2.75, 3.05) is 20.2 Å². The molecule has 2 amide bonds. The summed E-state index contributed by atoms with van der Waals surface area (Å²) in [4.78, 5) is 27.1. The number of piperidine rings is 1. The molecule has 1 aliphatic rings. The number of hydrogen-bond acceptors (Lipinski definition) is 4. The fraction of sp³-hybridized carbons (Fsp3) is 0.391. The fourth-order valence-corrected chi connectivity index (χ4v) is 3.63. The summed E-state index contributed by atoms with van der Waals surface area (Å²) < 4.78 is 5.33. The monoisotopic (exact) mass is 395 g/mol. The van der Waals surface area contributed by atoms with Crippen LogP contribution in [0.5, 0.6) is 5.75 Å². The van der Waals surface area contributed by atoms with Crippen LogP contribution in [0.3, 0.4) is 0 Å². The van der Waals surface area contributed by atoms with Gasteiger partial charge in [0.05, 0.1) is 13.2 Å². The molecule has 6 heteroatoms. The van der Waals surface area contributed by atoms with Crippen molar-refractivity contribution in [2.24, 2.45) is 0 Å². The summed E-state index contributed by atoms with van der Waals surface area (Å²) in [6.07, 6.45) is 1.67. The van der Waals surface area contributed by atoms with Gasteiger partial charge in [-0.15, -0.1) is 0 Å². The van der Waals surface area contributed by atoms with Crippen molar-refractivity contribution >= 4 is 11.8 Å². The molecule has 1 saturated heterocycles. The molecule has 2 aromatic rings. The van der Waals surface area contributed by atoms with E-state index in [4.69, 9.17) is 4.74 Å². The molecule has 29 heavy (non-hydrogen) atoms. The maximum absolute atomic E-state index is 12.6. The van der Waals surface area contributed by atoms with Gasteiger partial charge in [-0.2, -0.15) is 0 Å². The van der Waals surface area contributed by atoms with Crippen molar-refractivity contribution < 1.29 is 14.3 Å². The first-order chi connectivity index (χ1) is 14.1. The van der Waals surface area contributed by atoms with Crippen LogP contribution < -0.4 is 15.4 Å². The second-order valence-electron chi connectivity index (χ2n) is 7.36. The smallest absolute Gasteiger partial charge is 0.251 e. The van der Waals surface area contributed by atoms with Gasteiger partial charge in [0, 0.05) is 36.8 Å². The maximum Gasteiger partial charge on any atom is 0.251 e. The van der Waals surface area contributed by atoms with Gasteiger partial charge in [0.1, 0.15) is 5.75 Å². The van der Waals surface area contributed by atoms with Crippen molar-refractivity contribution in [3.63, 3.8) is 0 Å². The van der Waals surface area contributed by atoms with Gasteiger partial charge < -0.3 is 15.4 Å². The quantitative estimate of drug-likeness (QED) is 0.756. The summed E-state index contributed by atoms with van der Waals surface area (Å²) in [6.45, 7) is 3.93. The van der Waals surface area contributed by atoms with Crippen molar-refractivity contribution in [2.45, 2.75) is 38.4 Å². The Morgan fingerprint density at radius 3 is 2.41 bits per heavy atom. The molecule has 6 nitrogen and oxygen atoms in total. The third kappa shape index (κ3) is 5.57. The van der Waals surface area contributed by atoms with Gasteiger partial charge in [0.2, 0.25) is 5.91 Å². The zero-order valence-electron chi connectivity index (χ0n) is 17.1. The highest BCUT2D eigenvalue weighted by atomic mass is 16.5. The van der Waals surface area contributed by atoms with Crippen LogP contribution in [0.1, 0.15) is 35.7 Å². The molecule has 0 saturated carbocycles. The van der Waals surface area contributed by atoms with Gasteiger partial charge in [0.25, 0.3) is 5.91 Å². The van der Waals surface area contributed by atoms with E-state index in [1.54, 1.807) is 7.11 Å². The Labute approximate surface area is 172 Å². The largest absolute Gasteiger partial charge is 0.496 e. The zero-order valence-corrected chi connectivity index (χ0v) is 17.1. The highest BCUT2D eigenvalue weighted by molar-refractivity contribution is 5.94. The Morgan fingerprint density at radius 1 is 1.07 bits per heavy atom. The lowest BCUT2D eigenvalue weighted by Crippen LogP contribution is -2.51.